The highest BCUT2D eigenvalue weighted by Crippen LogP contribution is 2.12. The van der Waals surface area contributed by atoms with Crippen molar-refractivity contribution in [3.05, 3.63) is 54.0 Å². The van der Waals surface area contributed by atoms with E-state index >= 15 is 0 Å². The Morgan fingerprint density at radius 3 is 2.50 bits per heavy atom. The number of thioether (sulfide) groups is 1. The van der Waals surface area contributed by atoms with Crippen LogP contribution >= 0.6 is 11.8 Å². The van der Waals surface area contributed by atoms with Crippen LogP contribution in [-0.2, 0) is 9.53 Å². The Labute approximate surface area is 155 Å². The molecule has 0 saturated carbocycles. The minimum Gasteiger partial charge on any atom is -0.465 e. The van der Waals surface area contributed by atoms with Gasteiger partial charge in [-0.3, -0.25) is 9.59 Å². The molecule has 2 aromatic rings. The van der Waals surface area contributed by atoms with Crippen LogP contribution in [0.1, 0.15) is 27.3 Å². The second-order valence-corrected chi connectivity index (χ2v) is 6.33. The van der Waals surface area contributed by atoms with Crippen molar-refractivity contribution in [2.75, 3.05) is 24.4 Å². The molecule has 138 valence electrons. The highest BCUT2D eigenvalue weighted by atomic mass is 32.2. The SMILES string of the molecule is COC(=O)c1ccc(NC(=O)C(CCSC)NC(=O)c2ccco2)cc1. The summed E-state index contributed by atoms with van der Waals surface area (Å²) in [6.45, 7) is 0. The molecule has 0 fully saturated rings. The Kier molecular flexibility index (Phi) is 7.28. The van der Waals surface area contributed by atoms with E-state index in [1.54, 1.807) is 42.1 Å². The molecule has 0 spiro atoms. The second kappa shape index (κ2) is 9.67. The number of carbonyl (C=O) groups excluding carboxylic acids is 3. The monoisotopic (exact) mass is 376 g/mol. The molecule has 26 heavy (non-hydrogen) atoms. The summed E-state index contributed by atoms with van der Waals surface area (Å²) in [5.41, 5.74) is 0.902. The number of carbonyl (C=O) groups is 3. The average molecular weight is 376 g/mol. The number of benzene rings is 1. The molecule has 2 amide bonds. The summed E-state index contributed by atoms with van der Waals surface area (Å²) in [6.07, 6.45) is 3.79. The number of amides is 2. The van der Waals surface area contributed by atoms with E-state index in [-0.39, 0.29) is 11.7 Å². The Hall–Kier alpha value is -2.74. The highest BCUT2D eigenvalue weighted by Gasteiger charge is 2.22. The Morgan fingerprint density at radius 2 is 1.92 bits per heavy atom. The molecule has 0 bridgehead atoms. The quantitative estimate of drug-likeness (QED) is 0.687. The summed E-state index contributed by atoms with van der Waals surface area (Å²) in [6, 6.07) is 8.74. The van der Waals surface area contributed by atoms with Crippen LogP contribution in [0, 0.1) is 0 Å². The van der Waals surface area contributed by atoms with Gasteiger partial charge in [0, 0.05) is 5.69 Å². The van der Waals surface area contributed by atoms with Crippen molar-refractivity contribution in [3.8, 4) is 0 Å². The molecular weight excluding hydrogens is 356 g/mol. The first-order valence-electron chi connectivity index (χ1n) is 7.87. The van der Waals surface area contributed by atoms with E-state index in [0.717, 1.165) is 0 Å². The van der Waals surface area contributed by atoms with E-state index in [1.807, 2.05) is 6.26 Å². The van der Waals surface area contributed by atoms with Crippen molar-refractivity contribution in [1.29, 1.82) is 0 Å². The first-order chi connectivity index (χ1) is 12.5. The topological polar surface area (TPSA) is 97.6 Å². The van der Waals surface area contributed by atoms with E-state index in [9.17, 15) is 14.4 Å². The second-order valence-electron chi connectivity index (χ2n) is 5.34. The van der Waals surface area contributed by atoms with Gasteiger partial charge in [-0.25, -0.2) is 4.79 Å². The van der Waals surface area contributed by atoms with Crippen LogP contribution in [0.2, 0.25) is 0 Å². The summed E-state index contributed by atoms with van der Waals surface area (Å²) in [7, 11) is 1.30. The predicted octanol–water partition coefficient (Wildman–Crippen LogP) is 2.56. The molecule has 2 N–H and O–H groups in total. The van der Waals surface area contributed by atoms with Gasteiger partial charge in [-0.15, -0.1) is 0 Å². The van der Waals surface area contributed by atoms with Gasteiger partial charge in [0.1, 0.15) is 6.04 Å². The zero-order chi connectivity index (χ0) is 18.9. The van der Waals surface area contributed by atoms with E-state index in [4.69, 9.17) is 4.42 Å². The number of esters is 1. The van der Waals surface area contributed by atoms with Gasteiger partial charge in [0.25, 0.3) is 5.91 Å². The Balaban J connectivity index is 2.03. The third kappa shape index (κ3) is 5.38. The van der Waals surface area contributed by atoms with Crippen molar-refractivity contribution >= 4 is 35.2 Å². The lowest BCUT2D eigenvalue weighted by Crippen LogP contribution is -2.44. The number of nitrogens with one attached hydrogen (secondary N) is 2. The van der Waals surface area contributed by atoms with Gasteiger partial charge in [0.15, 0.2) is 5.76 Å². The summed E-state index contributed by atoms with van der Waals surface area (Å²) in [5, 5.41) is 5.42. The number of rotatable bonds is 8. The molecule has 1 atom stereocenters. The van der Waals surface area contributed by atoms with Crippen molar-refractivity contribution in [2.45, 2.75) is 12.5 Å². The fraction of sp³-hybridized carbons (Fsp3) is 0.278. The lowest BCUT2D eigenvalue weighted by atomic mass is 10.1. The first kappa shape index (κ1) is 19.6. The van der Waals surface area contributed by atoms with Crippen LogP contribution < -0.4 is 10.6 Å². The van der Waals surface area contributed by atoms with Gasteiger partial charge in [0.2, 0.25) is 5.91 Å². The minimum atomic E-state index is -0.708. The van der Waals surface area contributed by atoms with E-state index in [1.165, 1.54) is 19.4 Å². The van der Waals surface area contributed by atoms with Gasteiger partial charge >= 0.3 is 5.97 Å². The highest BCUT2D eigenvalue weighted by molar-refractivity contribution is 7.98. The average Bonchev–Trinajstić information content (AvgIpc) is 3.19. The molecule has 1 heterocycles. The number of methoxy groups -OCH3 is 1. The molecule has 0 aliphatic rings. The molecular formula is C18H20N2O5S. The number of furan rings is 1. The molecule has 1 unspecified atom stereocenters. The molecule has 0 radical (unpaired) electrons. The molecule has 2 rings (SSSR count). The third-order valence-electron chi connectivity index (χ3n) is 3.55. The van der Waals surface area contributed by atoms with Gasteiger partial charge in [0.05, 0.1) is 18.9 Å². The molecule has 0 aliphatic carbocycles. The number of anilines is 1. The first-order valence-corrected chi connectivity index (χ1v) is 9.27. The minimum absolute atomic E-state index is 0.148. The Bertz CT molecular complexity index is 743. The smallest absolute Gasteiger partial charge is 0.337 e. The van der Waals surface area contributed by atoms with Crippen molar-refractivity contribution in [2.24, 2.45) is 0 Å². The molecule has 7 nitrogen and oxygen atoms in total. The van der Waals surface area contributed by atoms with Crippen LogP contribution in [0.3, 0.4) is 0 Å². The lowest BCUT2D eigenvalue weighted by molar-refractivity contribution is -0.118. The van der Waals surface area contributed by atoms with E-state index < -0.39 is 17.9 Å². The summed E-state index contributed by atoms with van der Waals surface area (Å²) in [5.74, 6) is -0.388. The standard InChI is InChI=1S/C18H20N2O5S/c1-24-18(23)12-5-7-13(8-6-12)19-16(21)14(9-11-26-2)20-17(22)15-4-3-10-25-15/h3-8,10,14H,9,11H2,1-2H3,(H,19,21)(H,20,22). The molecule has 8 heteroatoms. The fourth-order valence-electron chi connectivity index (χ4n) is 2.18. The Morgan fingerprint density at radius 1 is 1.19 bits per heavy atom. The number of hydrogen-bond acceptors (Lipinski definition) is 6. The van der Waals surface area contributed by atoms with E-state index in [0.29, 0.717) is 23.4 Å². The van der Waals surface area contributed by atoms with Crippen molar-refractivity contribution < 1.29 is 23.5 Å². The van der Waals surface area contributed by atoms with Gasteiger partial charge in [-0.1, -0.05) is 0 Å². The summed E-state index contributed by atoms with van der Waals surface area (Å²) >= 11 is 1.58. The number of ether oxygens (including phenoxy) is 1. The maximum atomic E-state index is 12.5. The van der Waals surface area contributed by atoms with Crippen molar-refractivity contribution in [1.82, 2.24) is 5.32 Å². The van der Waals surface area contributed by atoms with Crippen molar-refractivity contribution in [3.63, 3.8) is 0 Å². The van der Waals surface area contributed by atoms with Crippen LogP contribution in [-0.4, -0.2) is 42.9 Å². The zero-order valence-corrected chi connectivity index (χ0v) is 15.3. The largest absolute Gasteiger partial charge is 0.465 e. The van der Waals surface area contributed by atoms with Crippen LogP contribution in [0.15, 0.2) is 47.1 Å². The normalized spacial score (nSPS) is 11.5. The maximum absolute atomic E-state index is 12.5. The zero-order valence-electron chi connectivity index (χ0n) is 14.5. The predicted molar refractivity (Wildman–Crippen MR) is 99.4 cm³/mol. The van der Waals surface area contributed by atoms with E-state index in [2.05, 4.69) is 15.4 Å². The van der Waals surface area contributed by atoms with Crippen LogP contribution in [0.4, 0.5) is 5.69 Å². The van der Waals surface area contributed by atoms with Gasteiger partial charge in [-0.2, -0.15) is 11.8 Å². The third-order valence-corrected chi connectivity index (χ3v) is 4.19. The molecule has 0 saturated heterocycles. The summed E-state index contributed by atoms with van der Waals surface area (Å²) < 4.78 is 9.69. The molecule has 1 aromatic heterocycles. The molecule has 0 aliphatic heterocycles. The van der Waals surface area contributed by atoms with Gasteiger partial charge < -0.3 is 19.8 Å². The maximum Gasteiger partial charge on any atom is 0.337 e. The molecule has 1 aromatic carbocycles. The van der Waals surface area contributed by atoms with Crippen LogP contribution in [0.5, 0.6) is 0 Å². The summed E-state index contributed by atoms with van der Waals surface area (Å²) in [4.78, 5) is 36.1. The number of hydrogen-bond donors (Lipinski definition) is 2. The van der Waals surface area contributed by atoms with Crippen LogP contribution in [0.25, 0.3) is 0 Å². The fourth-order valence-corrected chi connectivity index (χ4v) is 2.65. The lowest BCUT2D eigenvalue weighted by Gasteiger charge is -2.17. The van der Waals surface area contributed by atoms with Gasteiger partial charge in [-0.05, 0) is 54.8 Å².